The summed E-state index contributed by atoms with van der Waals surface area (Å²) in [6, 6.07) is 19.7. The minimum Gasteiger partial charge on any atom is -0.382 e. The van der Waals surface area contributed by atoms with Gasteiger partial charge >= 0.3 is 0 Å². The summed E-state index contributed by atoms with van der Waals surface area (Å²) < 4.78 is 76.8. The molecule has 51 heavy (non-hydrogen) atoms. The Bertz CT molecular complexity index is 1100. The van der Waals surface area contributed by atoms with Crippen molar-refractivity contribution in [3.05, 3.63) is 71.8 Å². The Kier molecular flexibility index (Phi) is 21.8. The van der Waals surface area contributed by atoms with Crippen molar-refractivity contribution in [2.75, 3.05) is 119 Å². The molecule has 2 aromatic rings. The molecule has 4 rings (SSSR count). The molecule has 13 heteroatoms. The van der Waals surface area contributed by atoms with E-state index in [2.05, 4.69) is 6.92 Å². The molecule has 2 heterocycles. The summed E-state index contributed by atoms with van der Waals surface area (Å²) in [5.74, 6) is 0. The molecule has 0 aromatic heterocycles. The number of rotatable bonds is 28. The second-order valence-corrected chi connectivity index (χ2v) is 11.8. The van der Waals surface area contributed by atoms with Gasteiger partial charge in [0.15, 0.2) is 12.6 Å². The summed E-state index contributed by atoms with van der Waals surface area (Å²) in [5, 5.41) is 0. The lowest BCUT2D eigenvalue weighted by Gasteiger charge is -2.45. The summed E-state index contributed by atoms with van der Waals surface area (Å²) in [5.41, 5.74) is 1.82. The van der Waals surface area contributed by atoms with Crippen LogP contribution in [0.2, 0.25) is 0 Å². The van der Waals surface area contributed by atoms with Crippen molar-refractivity contribution in [1.29, 1.82) is 0 Å². The molecule has 0 aliphatic carbocycles. The van der Waals surface area contributed by atoms with Gasteiger partial charge in [0.05, 0.1) is 106 Å². The van der Waals surface area contributed by atoms with Gasteiger partial charge in [0.1, 0.15) is 24.4 Å². The number of methoxy groups -OCH3 is 1. The molecule has 2 aromatic carbocycles. The first-order chi connectivity index (χ1) is 25.3. The highest BCUT2D eigenvalue weighted by atomic mass is 16.7. The van der Waals surface area contributed by atoms with E-state index in [1.165, 1.54) is 0 Å². The zero-order valence-electron chi connectivity index (χ0n) is 30.3. The molecule has 0 radical (unpaired) electrons. The lowest BCUT2D eigenvalue weighted by Crippen LogP contribution is -2.57. The standard InChI is InChI=1S/C38H58O13/c1-3-14-40-17-18-42-21-23-44-25-27-46-33-29-48-37(31-10-6-4-7-11-31)50-35(33)36-34(30-49-38(51-36)32-12-8-5-9-13-32)47-28-26-45-24-22-43-20-19-41-16-15-39-2/h4-13,33-38H,3,14-30H2,1-2H3/t33-,34-,35-,36-,37?,38?/m1/s1. The van der Waals surface area contributed by atoms with Crippen LogP contribution in [0.3, 0.4) is 0 Å². The minimum atomic E-state index is -0.596. The van der Waals surface area contributed by atoms with Crippen LogP contribution in [0.1, 0.15) is 37.1 Å². The molecule has 0 spiro atoms. The van der Waals surface area contributed by atoms with Crippen LogP contribution in [0.15, 0.2) is 60.7 Å². The average molecular weight is 723 g/mol. The SMILES string of the molecule is CCCOCCOCCOCCO[C@@H]1COC(c2ccccc2)O[C@H]1[C@@H]1OC(c2ccccc2)OC[C@H]1OCCOCCOCCOCCOC. The van der Waals surface area contributed by atoms with Crippen LogP contribution in [0.25, 0.3) is 0 Å². The van der Waals surface area contributed by atoms with Gasteiger partial charge < -0.3 is 61.6 Å². The lowest BCUT2D eigenvalue weighted by molar-refractivity contribution is -0.340. The summed E-state index contributed by atoms with van der Waals surface area (Å²) in [6.07, 6.45) is -2.16. The van der Waals surface area contributed by atoms with Gasteiger partial charge in [-0.25, -0.2) is 0 Å². The van der Waals surface area contributed by atoms with Crippen LogP contribution in [-0.4, -0.2) is 144 Å². The molecule has 6 atom stereocenters. The molecule has 2 aliphatic heterocycles. The lowest BCUT2D eigenvalue weighted by atomic mass is 10.00. The topological polar surface area (TPSA) is 120 Å². The smallest absolute Gasteiger partial charge is 0.184 e. The van der Waals surface area contributed by atoms with Crippen LogP contribution < -0.4 is 0 Å². The molecule has 0 saturated carbocycles. The Morgan fingerprint density at radius 2 is 0.824 bits per heavy atom. The second kappa shape index (κ2) is 26.6. The van der Waals surface area contributed by atoms with E-state index in [9.17, 15) is 0 Å². The van der Waals surface area contributed by atoms with Gasteiger partial charge in [0.25, 0.3) is 0 Å². The van der Waals surface area contributed by atoms with Gasteiger partial charge in [0, 0.05) is 24.8 Å². The van der Waals surface area contributed by atoms with E-state index in [4.69, 9.17) is 61.6 Å². The van der Waals surface area contributed by atoms with E-state index in [0.29, 0.717) is 106 Å². The van der Waals surface area contributed by atoms with E-state index in [0.717, 1.165) is 24.2 Å². The van der Waals surface area contributed by atoms with E-state index < -0.39 is 37.0 Å². The van der Waals surface area contributed by atoms with Crippen molar-refractivity contribution >= 4 is 0 Å². The molecule has 2 saturated heterocycles. The first-order valence-electron chi connectivity index (χ1n) is 18.1. The van der Waals surface area contributed by atoms with Crippen LogP contribution in [0.5, 0.6) is 0 Å². The Morgan fingerprint density at radius 1 is 0.471 bits per heavy atom. The maximum atomic E-state index is 6.66. The zero-order valence-corrected chi connectivity index (χ0v) is 30.3. The predicted octanol–water partition coefficient (Wildman–Crippen LogP) is 4.14. The maximum Gasteiger partial charge on any atom is 0.184 e. The van der Waals surface area contributed by atoms with E-state index in [1.807, 2.05) is 60.7 Å². The first-order valence-corrected chi connectivity index (χ1v) is 18.1. The predicted molar refractivity (Wildman–Crippen MR) is 187 cm³/mol. The van der Waals surface area contributed by atoms with E-state index in [-0.39, 0.29) is 0 Å². The van der Waals surface area contributed by atoms with Crippen molar-refractivity contribution in [2.24, 2.45) is 0 Å². The fraction of sp³-hybridized carbons (Fsp3) is 0.684. The molecular weight excluding hydrogens is 664 g/mol. The maximum absolute atomic E-state index is 6.66. The molecule has 2 unspecified atom stereocenters. The molecule has 2 aliphatic rings. The van der Waals surface area contributed by atoms with Crippen LogP contribution in [-0.2, 0) is 61.6 Å². The number of benzene rings is 2. The molecule has 0 N–H and O–H groups in total. The summed E-state index contributed by atoms with van der Waals surface area (Å²) in [7, 11) is 1.65. The summed E-state index contributed by atoms with van der Waals surface area (Å²) in [4.78, 5) is 0. The van der Waals surface area contributed by atoms with Gasteiger partial charge in [0.2, 0.25) is 0 Å². The normalized spacial score (nSPS) is 23.8. The van der Waals surface area contributed by atoms with Gasteiger partial charge in [-0.2, -0.15) is 0 Å². The highest BCUT2D eigenvalue weighted by Gasteiger charge is 2.46. The summed E-state index contributed by atoms with van der Waals surface area (Å²) in [6.45, 7) is 10.00. The van der Waals surface area contributed by atoms with Crippen molar-refractivity contribution in [3.63, 3.8) is 0 Å². The fourth-order valence-electron chi connectivity index (χ4n) is 5.41. The van der Waals surface area contributed by atoms with Gasteiger partial charge in [-0.05, 0) is 6.42 Å². The monoisotopic (exact) mass is 722 g/mol. The highest BCUT2D eigenvalue weighted by molar-refractivity contribution is 5.18. The van der Waals surface area contributed by atoms with E-state index in [1.54, 1.807) is 7.11 Å². The highest BCUT2D eigenvalue weighted by Crippen LogP contribution is 2.36. The second-order valence-electron chi connectivity index (χ2n) is 11.8. The first kappa shape index (κ1) is 41.7. The fourth-order valence-corrected chi connectivity index (χ4v) is 5.41. The third kappa shape index (κ3) is 16.2. The van der Waals surface area contributed by atoms with Gasteiger partial charge in [-0.3, -0.25) is 0 Å². The third-order valence-corrected chi connectivity index (χ3v) is 7.97. The Labute approximate surface area is 302 Å². The molecule has 13 nitrogen and oxygen atoms in total. The quantitative estimate of drug-likeness (QED) is 0.117. The Morgan fingerprint density at radius 3 is 1.20 bits per heavy atom. The van der Waals surface area contributed by atoms with Crippen molar-refractivity contribution in [1.82, 2.24) is 0 Å². The third-order valence-electron chi connectivity index (χ3n) is 7.97. The Hall–Kier alpha value is -2.08. The molecular formula is C38H58O13. The minimum absolute atomic E-state index is 0.298. The number of hydrogen-bond acceptors (Lipinski definition) is 13. The largest absolute Gasteiger partial charge is 0.382 e. The summed E-state index contributed by atoms with van der Waals surface area (Å²) >= 11 is 0. The molecule has 288 valence electrons. The molecule has 0 bridgehead atoms. The average Bonchev–Trinajstić information content (AvgIpc) is 3.18. The Balaban J connectivity index is 1.30. The van der Waals surface area contributed by atoms with Gasteiger partial charge in [-0.15, -0.1) is 0 Å². The van der Waals surface area contributed by atoms with E-state index >= 15 is 0 Å². The van der Waals surface area contributed by atoms with Crippen molar-refractivity contribution in [2.45, 2.75) is 50.3 Å². The van der Waals surface area contributed by atoms with Gasteiger partial charge in [-0.1, -0.05) is 67.6 Å². The zero-order chi connectivity index (χ0) is 35.6. The van der Waals surface area contributed by atoms with Crippen LogP contribution >= 0.6 is 0 Å². The number of ether oxygens (including phenoxy) is 13. The van der Waals surface area contributed by atoms with Crippen LogP contribution in [0.4, 0.5) is 0 Å². The molecule has 0 amide bonds. The van der Waals surface area contributed by atoms with Crippen molar-refractivity contribution in [3.8, 4) is 0 Å². The van der Waals surface area contributed by atoms with Crippen molar-refractivity contribution < 1.29 is 61.6 Å². The van der Waals surface area contributed by atoms with Crippen LogP contribution in [0, 0.1) is 0 Å². The molecule has 2 fully saturated rings. The number of hydrogen-bond donors (Lipinski definition) is 0.